The number of rotatable bonds is 6. The molecule has 6 nitrogen and oxygen atoms in total. The van der Waals surface area contributed by atoms with E-state index < -0.39 is 0 Å². The van der Waals surface area contributed by atoms with Crippen LogP contribution in [0.1, 0.15) is 11.1 Å². The second-order valence-corrected chi connectivity index (χ2v) is 24.3. The van der Waals surface area contributed by atoms with E-state index in [9.17, 15) is 0 Å². The van der Waals surface area contributed by atoms with E-state index in [0.29, 0.717) is 0 Å². The number of benzene rings is 11. The van der Waals surface area contributed by atoms with Crippen LogP contribution in [-0.2, 0) is 0 Å². The molecule has 21 rings (SSSR count). The first-order valence-corrected chi connectivity index (χ1v) is 29.9. The maximum Gasteiger partial charge on any atom is 0.0986 e. The van der Waals surface area contributed by atoms with Crippen molar-refractivity contribution in [3.05, 3.63) is 267 Å². The van der Waals surface area contributed by atoms with Crippen LogP contribution in [0.3, 0.4) is 0 Å². The number of fused-ring (bicyclic) bond motifs is 14. The summed E-state index contributed by atoms with van der Waals surface area (Å²) in [6.45, 7) is 4.54. The van der Waals surface area contributed by atoms with Crippen LogP contribution < -0.4 is 0 Å². The second-order valence-electron chi connectivity index (χ2n) is 24.3. The fourth-order valence-corrected chi connectivity index (χ4v) is 16.4. The molecule has 0 bridgehead atoms. The first kappa shape index (κ1) is 45.2. The van der Waals surface area contributed by atoms with Crippen LogP contribution in [0, 0.1) is 13.8 Å². The van der Waals surface area contributed by atoms with Crippen molar-refractivity contribution >= 4 is 64.9 Å². The molecule has 0 aliphatic heterocycles. The molecule has 6 heterocycles. The number of aromatic nitrogens is 6. The van der Waals surface area contributed by atoms with Crippen LogP contribution >= 0.6 is 0 Å². The lowest BCUT2D eigenvalue weighted by molar-refractivity contribution is 0.900. The van der Waals surface area contributed by atoms with Crippen molar-refractivity contribution in [1.82, 2.24) is 27.4 Å². The fraction of sp³-hybridized carbons (Fsp3) is 0.0250. The van der Waals surface area contributed by atoms with E-state index >= 15 is 0 Å². The molecule has 11 aromatic carbocycles. The molecular formula is C80H48N6. The van der Waals surface area contributed by atoms with E-state index in [4.69, 9.17) is 0 Å². The average molecular weight is 1090 g/mol. The lowest BCUT2D eigenvalue weighted by Gasteiger charge is -2.30. The first-order chi connectivity index (χ1) is 42.5. The molecule has 0 atom stereocenters. The summed E-state index contributed by atoms with van der Waals surface area (Å²) in [6.07, 6.45) is 24.3. The minimum absolute atomic E-state index is 1.05. The molecule has 4 aliphatic carbocycles. The summed E-state index contributed by atoms with van der Waals surface area (Å²) in [4.78, 5) is 0. The molecule has 0 radical (unpaired) electrons. The van der Waals surface area contributed by atoms with Crippen LogP contribution in [0.5, 0.6) is 0 Å². The molecule has 86 heavy (non-hydrogen) atoms. The molecule has 0 unspecified atom stereocenters. The Kier molecular flexibility index (Phi) is 8.33. The predicted molar refractivity (Wildman–Crippen MR) is 355 cm³/mol. The highest BCUT2D eigenvalue weighted by molar-refractivity contribution is 6.19. The number of hydrogen-bond donors (Lipinski definition) is 0. The Hall–Kier alpha value is -11.3. The topological polar surface area (TPSA) is 29.6 Å². The lowest BCUT2D eigenvalue weighted by atomic mass is 10.0. The summed E-state index contributed by atoms with van der Waals surface area (Å²) in [6, 6.07) is 72.4. The van der Waals surface area contributed by atoms with Gasteiger partial charge in [0.1, 0.15) is 0 Å². The van der Waals surface area contributed by atoms with E-state index in [1.165, 1.54) is 154 Å². The van der Waals surface area contributed by atoms with E-state index in [-0.39, 0.29) is 0 Å². The third kappa shape index (κ3) is 5.58. The van der Waals surface area contributed by atoms with Crippen molar-refractivity contribution < 1.29 is 0 Å². The van der Waals surface area contributed by atoms with Gasteiger partial charge in [0, 0.05) is 117 Å². The zero-order chi connectivity index (χ0) is 55.9. The third-order valence-corrected chi connectivity index (χ3v) is 19.9. The van der Waals surface area contributed by atoms with Gasteiger partial charge in [-0.3, -0.25) is 0 Å². The van der Waals surface area contributed by atoms with Gasteiger partial charge in [0.15, 0.2) is 0 Å². The molecule has 0 saturated heterocycles. The van der Waals surface area contributed by atoms with Gasteiger partial charge in [0.2, 0.25) is 0 Å². The Balaban J connectivity index is 1.00. The molecule has 17 aromatic rings. The van der Waals surface area contributed by atoms with Crippen LogP contribution in [0.4, 0.5) is 0 Å². The molecule has 4 aliphatic rings. The standard InChI is InChI=1S/C80H48N6/c1-45-35-85(69-33-5-3-23-51(45)69)79-77(83-41-65-57-29-11-19-49-20-12-30-58(73(49)57)66(65)42-83)75(81-37-61-53-25-7-15-47-16-8-26-54(71(47)53)62(61)38-81)76(82-39-63-55-27-9-17-48-18-10-28-56(72(48)55)64(63)40-82)78(80(79)86-36-46(2)52-24-4-6-34-70(52)86)84-43-67-59-31-13-21-50-22-14-32-60(74(50)59)68(67)44-84/h3-44H,1-2H3. The van der Waals surface area contributed by atoms with Gasteiger partial charge in [-0.15, -0.1) is 0 Å². The summed E-state index contributed by atoms with van der Waals surface area (Å²) in [5.41, 5.74) is 30.9. The second kappa shape index (κ2) is 15.8. The molecule has 0 spiro atoms. The molecule has 0 fully saturated rings. The zero-order valence-electron chi connectivity index (χ0n) is 46.9. The van der Waals surface area contributed by atoms with Crippen molar-refractivity contribution in [3.8, 4) is 123 Å². The Bertz CT molecular complexity index is 5400. The summed E-state index contributed by atoms with van der Waals surface area (Å²) >= 11 is 0. The largest absolute Gasteiger partial charge is 0.319 e. The quantitative estimate of drug-likeness (QED) is 0.159. The predicted octanol–water partition coefficient (Wildman–Crippen LogP) is 20.6. The summed E-state index contributed by atoms with van der Waals surface area (Å²) in [7, 11) is 0. The molecule has 0 N–H and O–H groups in total. The molecular weight excluding hydrogens is 1040 g/mol. The van der Waals surface area contributed by atoms with Crippen molar-refractivity contribution in [1.29, 1.82) is 0 Å². The monoisotopic (exact) mass is 1090 g/mol. The SMILES string of the molecule is Cc1cn(-c2c(-n3cc4c(c3)-c3cccc5cccc-4c35)c(-n3cc4c(c3)-c3cccc5cccc-4c35)c(-n3cc4c(c3)-c3cccc5cccc-4c35)c(-n3cc4c(c3)-c3cccc5cccc-4c35)c2-n2cc(C)c3ccccc32)c2ccccc12. The van der Waals surface area contributed by atoms with Gasteiger partial charge in [-0.1, -0.05) is 182 Å². The number of hydrogen-bond acceptors (Lipinski definition) is 0. The van der Waals surface area contributed by atoms with E-state index in [1.54, 1.807) is 0 Å². The summed E-state index contributed by atoms with van der Waals surface area (Å²) in [5, 5.41) is 12.7. The highest BCUT2D eigenvalue weighted by atomic mass is 15.2. The van der Waals surface area contributed by atoms with Crippen LogP contribution in [0.15, 0.2) is 256 Å². The van der Waals surface area contributed by atoms with Crippen molar-refractivity contribution in [2.24, 2.45) is 0 Å². The van der Waals surface area contributed by atoms with Gasteiger partial charge in [-0.2, -0.15) is 0 Å². The minimum Gasteiger partial charge on any atom is -0.319 e. The lowest BCUT2D eigenvalue weighted by Crippen LogP contribution is -2.18. The average Bonchev–Trinajstić information content (AvgIpc) is 1.61. The molecule has 6 heteroatoms. The van der Waals surface area contributed by atoms with E-state index in [1.807, 2.05) is 0 Å². The van der Waals surface area contributed by atoms with Crippen LogP contribution in [0.25, 0.3) is 188 Å². The normalized spacial score (nSPS) is 12.8. The molecule has 6 aromatic heterocycles. The molecule has 0 saturated carbocycles. The first-order valence-electron chi connectivity index (χ1n) is 29.9. The van der Waals surface area contributed by atoms with Crippen molar-refractivity contribution in [2.45, 2.75) is 13.8 Å². The Morgan fingerprint density at radius 3 is 0.663 bits per heavy atom. The number of nitrogens with zero attached hydrogens (tertiary/aromatic N) is 6. The smallest absolute Gasteiger partial charge is 0.0986 e. The summed E-state index contributed by atoms with van der Waals surface area (Å²) in [5.74, 6) is 0. The number of para-hydroxylation sites is 2. The highest BCUT2D eigenvalue weighted by Gasteiger charge is 2.37. The Morgan fingerprint density at radius 1 is 0.198 bits per heavy atom. The van der Waals surface area contributed by atoms with E-state index in [0.717, 1.165) is 45.2 Å². The van der Waals surface area contributed by atoms with Gasteiger partial charge in [0.25, 0.3) is 0 Å². The maximum absolute atomic E-state index is 2.53. The summed E-state index contributed by atoms with van der Waals surface area (Å²) < 4.78 is 15.1. The van der Waals surface area contributed by atoms with Gasteiger partial charge in [-0.05, 0) is 125 Å². The molecule has 398 valence electrons. The third-order valence-electron chi connectivity index (χ3n) is 19.9. The minimum atomic E-state index is 1.05. The number of aryl methyl sites for hydroxylation is 2. The van der Waals surface area contributed by atoms with Crippen molar-refractivity contribution in [2.75, 3.05) is 0 Å². The van der Waals surface area contributed by atoms with Gasteiger partial charge >= 0.3 is 0 Å². The van der Waals surface area contributed by atoms with Gasteiger partial charge in [-0.25, -0.2) is 0 Å². The molecule has 0 amide bonds. The maximum atomic E-state index is 2.53. The fourth-order valence-electron chi connectivity index (χ4n) is 16.4. The van der Waals surface area contributed by atoms with Gasteiger partial charge in [0.05, 0.1) is 45.2 Å². The van der Waals surface area contributed by atoms with Crippen LogP contribution in [-0.4, -0.2) is 27.4 Å². The Morgan fingerprint density at radius 2 is 0.419 bits per heavy atom. The van der Waals surface area contributed by atoms with Gasteiger partial charge < -0.3 is 27.4 Å². The van der Waals surface area contributed by atoms with Crippen molar-refractivity contribution in [3.63, 3.8) is 0 Å². The van der Waals surface area contributed by atoms with E-state index in [2.05, 4.69) is 297 Å². The van der Waals surface area contributed by atoms with Crippen LogP contribution in [0.2, 0.25) is 0 Å². The Labute approximate surface area is 493 Å². The highest BCUT2D eigenvalue weighted by Crippen LogP contribution is 2.57. The zero-order valence-corrected chi connectivity index (χ0v) is 46.9.